The molecule has 2 aromatic carbocycles. The van der Waals surface area contributed by atoms with E-state index in [-0.39, 0.29) is 42.0 Å². The number of aliphatic hydroxyl groups is 1. The fourth-order valence-electron chi connectivity index (χ4n) is 7.21. The van der Waals surface area contributed by atoms with Gasteiger partial charge in [0.25, 0.3) is 5.91 Å². The Kier molecular flexibility index (Phi) is 11.9. The first-order chi connectivity index (χ1) is 25.4. The minimum Gasteiger partial charge on any atom is -0.489 e. The molecule has 12 heteroatoms. The lowest BCUT2D eigenvalue weighted by atomic mass is 9.87. The van der Waals surface area contributed by atoms with E-state index in [1.165, 1.54) is 0 Å². The zero-order valence-electron chi connectivity index (χ0n) is 30.8. The number of carbonyl (C=O) groups is 2. The summed E-state index contributed by atoms with van der Waals surface area (Å²) in [5.74, 6) is -1.33. The molecule has 1 aliphatic carbocycles. The van der Waals surface area contributed by atoms with E-state index in [0.717, 1.165) is 59.2 Å². The number of pyridine rings is 1. The third-order valence-electron chi connectivity index (χ3n) is 10.00. The van der Waals surface area contributed by atoms with Gasteiger partial charge < -0.3 is 24.2 Å². The number of rotatable bonds is 14. The molecule has 3 aromatic rings. The molecule has 0 radical (unpaired) electrons. The van der Waals surface area contributed by atoms with Crippen molar-refractivity contribution < 1.29 is 37.7 Å². The van der Waals surface area contributed by atoms with E-state index in [1.54, 1.807) is 11.1 Å². The molecule has 2 unspecified atom stereocenters. The predicted molar refractivity (Wildman–Crippen MR) is 198 cm³/mol. The van der Waals surface area contributed by atoms with Gasteiger partial charge in [-0.15, -0.1) is 0 Å². The van der Waals surface area contributed by atoms with Crippen molar-refractivity contribution in [3.05, 3.63) is 93.1 Å². The van der Waals surface area contributed by atoms with Gasteiger partial charge in [0.15, 0.2) is 11.6 Å². The molecule has 1 saturated carbocycles. The summed E-state index contributed by atoms with van der Waals surface area (Å²) >= 11 is 5.90. The minimum atomic E-state index is -0.738. The van der Waals surface area contributed by atoms with Crippen LogP contribution in [0.5, 0.6) is 11.6 Å². The van der Waals surface area contributed by atoms with Crippen LogP contribution in [0, 0.1) is 18.6 Å². The number of aliphatic hydroxyl groups excluding tert-OH is 1. The normalized spacial score (nSPS) is 18.3. The van der Waals surface area contributed by atoms with Crippen LogP contribution in [0.25, 0.3) is 5.57 Å². The van der Waals surface area contributed by atoms with Gasteiger partial charge in [0.1, 0.15) is 16.4 Å². The highest BCUT2D eigenvalue weighted by molar-refractivity contribution is 6.32. The lowest BCUT2D eigenvalue weighted by molar-refractivity contribution is -0.129. The molecule has 1 N–H and O–H groups in total. The predicted octanol–water partition coefficient (Wildman–Crippen LogP) is 8.21. The Morgan fingerprint density at radius 2 is 1.70 bits per heavy atom. The summed E-state index contributed by atoms with van der Waals surface area (Å²) in [6, 6.07) is 11.5. The lowest BCUT2D eigenvalue weighted by Gasteiger charge is -2.39. The first-order valence-electron chi connectivity index (χ1n) is 18.4. The summed E-state index contributed by atoms with van der Waals surface area (Å²) in [6.07, 6.45) is 6.71. The van der Waals surface area contributed by atoms with Crippen LogP contribution in [0.15, 0.2) is 54.2 Å². The molecule has 6 rings (SSSR count). The average molecular weight is 752 g/mol. The van der Waals surface area contributed by atoms with Crippen molar-refractivity contribution in [2.75, 3.05) is 19.8 Å². The van der Waals surface area contributed by atoms with Crippen molar-refractivity contribution in [3.63, 3.8) is 0 Å². The number of halogens is 3. The third-order valence-corrected chi connectivity index (χ3v) is 10.3. The van der Waals surface area contributed by atoms with Crippen LogP contribution in [-0.2, 0) is 22.5 Å². The van der Waals surface area contributed by atoms with Crippen LogP contribution < -0.4 is 9.47 Å². The Morgan fingerprint density at radius 1 is 0.981 bits per heavy atom. The highest BCUT2D eigenvalue weighted by Crippen LogP contribution is 2.45. The zero-order valence-corrected chi connectivity index (χ0v) is 31.6. The van der Waals surface area contributed by atoms with Gasteiger partial charge in [-0.3, -0.25) is 9.69 Å². The quantitative estimate of drug-likeness (QED) is 0.131. The van der Waals surface area contributed by atoms with Crippen LogP contribution in [-0.4, -0.2) is 75.4 Å². The number of nitrogens with zero attached hydrogens (tertiary/aromatic N) is 3. The van der Waals surface area contributed by atoms with E-state index in [9.17, 15) is 23.5 Å². The maximum Gasteiger partial charge on any atom is 0.411 e. The number of aromatic nitrogens is 1. The van der Waals surface area contributed by atoms with Gasteiger partial charge in [0.2, 0.25) is 5.88 Å². The molecule has 2 bridgehead atoms. The molecule has 0 spiro atoms. The summed E-state index contributed by atoms with van der Waals surface area (Å²) < 4.78 is 45.1. The van der Waals surface area contributed by atoms with Crippen molar-refractivity contribution in [1.29, 1.82) is 0 Å². The number of amides is 2. The van der Waals surface area contributed by atoms with Gasteiger partial charge in [-0.1, -0.05) is 35.9 Å². The van der Waals surface area contributed by atoms with Gasteiger partial charge in [0, 0.05) is 49.0 Å². The molecule has 2 atom stereocenters. The molecule has 53 heavy (non-hydrogen) atoms. The number of carbonyl (C=O) groups excluding carboxylic acids is 2. The first-order valence-corrected chi connectivity index (χ1v) is 18.8. The summed E-state index contributed by atoms with van der Waals surface area (Å²) in [7, 11) is 0. The van der Waals surface area contributed by atoms with Gasteiger partial charge in [0.05, 0.1) is 19.3 Å². The summed E-state index contributed by atoms with van der Waals surface area (Å²) in [5, 5.41) is 8.83. The maximum absolute atomic E-state index is 15.0. The van der Waals surface area contributed by atoms with Crippen LogP contribution in [0.3, 0.4) is 0 Å². The summed E-state index contributed by atoms with van der Waals surface area (Å²) in [4.78, 5) is 36.8. The van der Waals surface area contributed by atoms with Crippen molar-refractivity contribution in [2.45, 2.75) is 109 Å². The SMILES string of the molecule is Cc1c(CN(C(=O)C2=C(c3ccc(CCCOc4c(F)ccc(F)c4Cl)cc3)CC3CCC2N3C(=O)OC(C)(C)C)C2CC2)ccnc1OCCCO. The van der Waals surface area contributed by atoms with Crippen molar-refractivity contribution in [2.24, 2.45) is 0 Å². The van der Waals surface area contributed by atoms with E-state index in [2.05, 4.69) is 4.98 Å². The average Bonchev–Trinajstić information content (AvgIpc) is 3.91. The third kappa shape index (κ3) is 8.95. The van der Waals surface area contributed by atoms with Crippen LogP contribution in [0.2, 0.25) is 5.02 Å². The number of benzene rings is 2. The topological polar surface area (TPSA) is 101 Å². The van der Waals surface area contributed by atoms with Crippen molar-refractivity contribution >= 4 is 29.2 Å². The second-order valence-corrected chi connectivity index (χ2v) is 15.4. The molecule has 2 aliphatic heterocycles. The molecule has 1 aromatic heterocycles. The largest absolute Gasteiger partial charge is 0.489 e. The van der Waals surface area contributed by atoms with Gasteiger partial charge in [-0.05, 0) is 113 Å². The number of hydrogen-bond acceptors (Lipinski definition) is 7. The Bertz CT molecular complexity index is 1840. The number of fused-ring (bicyclic) bond motifs is 2. The molecule has 3 heterocycles. The fraction of sp³-hybridized carbons (Fsp3) is 0.488. The highest BCUT2D eigenvalue weighted by atomic mass is 35.5. The Balaban J connectivity index is 1.26. The maximum atomic E-state index is 15.0. The Morgan fingerprint density at radius 3 is 2.40 bits per heavy atom. The van der Waals surface area contributed by atoms with Gasteiger partial charge in [-0.25, -0.2) is 18.6 Å². The number of aryl methyl sites for hydroxylation is 1. The highest BCUT2D eigenvalue weighted by Gasteiger charge is 2.49. The number of ether oxygens (including phenoxy) is 3. The summed E-state index contributed by atoms with van der Waals surface area (Å²) in [5.41, 5.74) is 4.63. The van der Waals surface area contributed by atoms with Gasteiger partial charge >= 0.3 is 6.09 Å². The molecule has 1 saturated heterocycles. The zero-order chi connectivity index (χ0) is 37.9. The standard InChI is InChI=1S/C41H48ClF2N3O6/c1-25-28(18-19-45-38(25)52-22-6-20-48)24-46(29-12-13-29)39(49)35-31(23-30-14-17-34(35)47(30)40(50)53-41(2,3)4)27-10-8-26(9-11-27)7-5-21-51-37-33(44)16-15-32(43)36(37)42/h8-11,15-16,18-19,29-30,34,48H,5-7,12-14,17,20-24H2,1-4H3. The minimum absolute atomic E-state index is 0.0240. The molecule has 9 nitrogen and oxygen atoms in total. The molecular weight excluding hydrogens is 704 g/mol. The lowest BCUT2D eigenvalue weighted by Crippen LogP contribution is -2.50. The Hall–Kier alpha value is -4.22. The smallest absolute Gasteiger partial charge is 0.411 e. The molecular formula is C41H48ClF2N3O6. The van der Waals surface area contributed by atoms with E-state index in [0.29, 0.717) is 56.7 Å². The summed E-state index contributed by atoms with van der Waals surface area (Å²) in [6.45, 7) is 8.37. The molecule has 2 amide bonds. The Labute approximate surface area is 314 Å². The number of hydrogen-bond donors (Lipinski definition) is 1. The molecule has 284 valence electrons. The van der Waals surface area contributed by atoms with Gasteiger partial charge in [-0.2, -0.15) is 0 Å². The van der Waals surface area contributed by atoms with E-state index in [1.807, 2.05) is 62.9 Å². The molecule has 2 fully saturated rings. The van der Waals surface area contributed by atoms with Crippen molar-refractivity contribution in [1.82, 2.24) is 14.8 Å². The van der Waals surface area contributed by atoms with Crippen molar-refractivity contribution in [3.8, 4) is 11.6 Å². The second kappa shape index (κ2) is 16.4. The molecule has 3 aliphatic rings. The van der Waals surface area contributed by atoms with E-state index >= 15 is 0 Å². The monoisotopic (exact) mass is 751 g/mol. The van der Waals surface area contributed by atoms with Crippen LogP contribution >= 0.6 is 11.6 Å². The van der Waals surface area contributed by atoms with E-state index < -0.39 is 29.4 Å². The van der Waals surface area contributed by atoms with Crippen LogP contribution in [0.4, 0.5) is 13.6 Å². The fourth-order valence-corrected chi connectivity index (χ4v) is 7.42. The second-order valence-electron chi connectivity index (χ2n) is 15.0. The van der Waals surface area contributed by atoms with E-state index in [4.69, 9.17) is 25.8 Å². The van der Waals surface area contributed by atoms with Crippen LogP contribution in [0.1, 0.15) is 88.0 Å². The first kappa shape index (κ1) is 38.5.